The maximum Gasteiger partial charge on any atom is 0.306 e. The summed E-state index contributed by atoms with van der Waals surface area (Å²) < 4.78 is 0. The average Bonchev–Trinajstić information content (AvgIpc) is 2.46. The Hall–Kier alpha value is -1.72. The Kier molecular flexibility index (Phi) is 4.52. The summed E-state index contributed by atoms with van der Waals surface area (Å²) in [6.07, 6.45) is 2.95. The Morgan fingerprint density at radius 1 is 1.30 bits per heavy atom. The molecule has 1 aliphatic rings. The Morgan fingerprint density at radius 2 is 2.00 bits per heavy atom. The highest BCUT2D eigenvalue weighted by Crippen LogP contribution is 2.26. The largest absolute Gasteiger partial charge is 0.481 e. The van der Waals surface area contributed by atoms with Crippen LogP contribution in [0.4, 0.5) is 5.95 Å². The first-order valence-electron chi connectivity index (χ1n) is 7.28. The Balaban J connectivity index is 2.18. The van der Waals surface area contributed by atoms with Crippen molar-refractivity contribution in [3.05, 3.63) is 11.4 Å². The molecule has 2 heterocycles. The SMILES string of the molecule is CCc1nnc(N2CCC(C(=O)O)CC2C)nc1CC. The Bertz CT molecular complexity index is 492. The van der Waals surface area contributed by atoms with Crippen LogP contribution in [0.5, 0.6) is 0 Å². The van der Waals surface area contributed by atoms with Gasteiger partial charge in [-0.3, -0.25) is 4.79 Å². The van der Waals surface area contributed by atoms with Gasteiger partial charge in [0, 0.05) is 12.6 Å². The number of aromatic nitrogens is 3. The smallest absolute Gasteiger partial charge is 0.306 e. The van der Waals surface area contributed by atoms with Crippen LogP contribution < -0.4 is 4.90 Å². The lowest BCUT2D eigenvalue weighted by molar-refractivity contribution is -0.142. The van der Waals surface area contributed by atoms with Gasteiger partial charge in [-0.1, -0.05) is 13.8 Å². The van der Waals surface area contributed by atoms with Crippen molar-refractivity contribution in [3.8, 4) is 0 Å². The first-order valence-corrected chi connectivity index (χ1v) is 7.28. The lowest BCUT2D eigenvalue weighted by Gasteiger charge is -2.36. The molecule has 0 saturated carbocycles. The minimum Gasteiger partial charge on any atom is -0.481 e. The summed E-state index contributed by atoms with van der Waals surface area (Å²) in [5, 5.41) is 17.6. The number of hydrogen-bond acceptors (Lipinski definition) is 5. The molecule has 2 rings (SSSR count). The number of hydrogen-bond donors (Lipinski definition) is 1. The monoisotopic (exact) mass is 278 g/mol. The van der Waals surface area contributed by atoms with Crippen molar-refractivity contribution >= 4 is 11.9 Å². The number of carboxylic acid groups (broad SMARTS) is 1. The number of piperidine rings is 1. The van der Waals surface area contributed by atoms with Crippen LogP contribution in [-0.2, 0) is 17.6 Å². The minimum absolute atomic E-state index is 0.129. The predicted octanol–water partition coefficient (Wildman–Crippen LogP) is 1.69. The second kappa shape index (κ2) is 6.15. The third kappa shape index (κ3) is 2.89. The first-order chi connectivity index (χ1) is 9.56. The van der Waals surface area contributed by atoms with Crippen molar-refractivity contribution in [2.24, 2.45) is 5.92 Å². The highest BCUT2D eigenvalue weighted by molar-refractivity contribution is 5.70. The second-order valence-electron chi connectivity index (χ2n) is 5.31. The van der Waals surface area contributed by atoms with Crippen LogP contribution in [0.3, 0.4) is 0 Å². The Labute approximate surface area is 119 Å². The van der Waals surface area contributed by atoms with Crippen molar-refractivity contribution in [3.63, 3.8) is 0 Å². The average molecular weight is 278 g/mol. The van der Waals surface area contributed by atoms with Crippen LogP contribution in [0, 0.1) is 5.92 Å². The molecule has 0 amide bonds. The van der Waals surface area contributed by atoms with E-state index in [4.69, 9.17) is 5.11 Å². The maximum atomic E-state index is 11.1. The summed E-state index contributed by atoms with van der Waals surface area (Å²) in [6, 6.07) is 0.129. The van der Waals surface area contributed by atoms with Gasteiger partial charge < -0.3 is 10.0 Å². The summed E-state index contributed by atoms with van der Waals surface area (Å²) in [5.41, 5.74) is 1.94. The van der Waals surface area contributed by atoms with Crippen LogP contribution in [0.25, 0.3) is 0 Å². The molecule has 1 aliphatic heterocycles. The third-order valence-corrected chi connectivity index (χ3v) is 3.98. The van der Waals surface area contributed by atoms with E-state index in [-0.39, 0.29) is 12.0 Å². The van der Waals surface area contributed by atoms with Gasteiger partial charge in [0.2, 0.25) is 5.95 Å². The zero-order valence-corrected chi connectivity index (χ0v) is 12.3. The molecular weight excluding hydrogens is 256 g/mol. The highest BCUT2D eigenvalue weighted by atomic mass is 16.4. The van der Waals surface area contributed by atoms with Crippen molar-refractivity contribution in [2.45, 2.75) is 52.5 Å². The highest BCUT2D eigenvalue weighted by Gasteiger charge is 2.31. The van der Waals surface area contributed by atoms with E-state index >= 15 is 0 Å². The number of nitrogens with zero attached hydrogens (tertiary/aromatic N) is 4. The molecule has 0 radical (unpaired) electrons. The molecule has 0 bridgehead atoms. The van der Waals surface area contributed by atoms with Gasteiger partial charge in [0.1, 0.15) is 0 Å². The Morgan fingerprint density at radius 3 is 2.55 bits per heavy atom. The van der Waals surface area contributed by atoms with Crippen molar-refractivity contribution < 1.29 is 9.90 Å². The molecule has 2 atom stereocenters. The van der Waals surface area contributed by atoms with E-state index in [9.17, 15) is 4.79 Å². The minimum atomic E-state index is -0.703. The van der Waals surface area contributed by atoms with Gasteiger partial charge >= 0.3 is 5.97 Å². The molecule has 110 valence electrons. The van der Waals surface area contributed by atoms with Gasteiger partial charge in [-0.05, 0) is 32.6 Å². The van der Waals surface area contributed by atoms with Crippen LogP contribution in [-0.4, -0.2) is 38.8 Å². The molecule has 20 heavy (non-hydrogen) atoms. The molecule has 6 nitrogen and oxygen atoms in total. The van der Waals surface area contributed by atoms with Gasteiger partial charge in [-0.2, -0.15) is 5.10 Å². The topological polar surface area (TPSA) is 79.2 Å². The van der Waals surface area contributed by atoms with Crippen molar-refractivity contribution in [1.29, 1.82) is 0 Å². The number of anilines is 1. The summed E-state index contributed by atoms with van der Waals surface area (Å²) in [5.74, 6) is -0.323. The lowest BCUT2D eigenvalue weighted by atomic mass is 9.92. The normalized spacial score (nSPS) is 22.9. The molecule has 0 spiro atoms. The van der Waals surface area contributed by atoms with Crippen LogP contribution in [0.1, 0.15) is 45.0 Å². The van der Waals surface area contributed by atoms with E-state index in [0.29, 0.717) is 25.3 Å². The van der Waals surface area contributed by atoms with Gasteiger partial charge in [-0.15, -0.1) is 5.10 Å². The fourth-order valence-electron chi connectivity index (χ4n) is 2.74. The zero-order chi connectivity index (χ0) is 14.7. The van der Waals surface area contributed by atoms with Crippen molar-refractivity contribution in [2.75, 3.05) is 11.4 Å². The van der Waals surface area contributed by atoms with E-state index in [1.165, 1.54) is 0 Å². The molecule has 0 aromatic carbocycles. The van der Waals surface area contributed by atoms with Gasteiger partial charge in [0.15, 0.2) is 0 Å². The molecule has 1 N–H and O–H groups in total. The molecule has 0 aliphatic carbocycles. The summed E-state index contributed by atoms with van der Waals surface area (Å²) in [4.78, 5) is 17.8. The molecule has 1 aromatic heterocycles. The second-order valence-corrected chi connectivity index (χ2v) is 5.31. The third-order valence-electron chi connectivity index (χ3n) is 3.98. The van der Waals surface area contributed by atoms with E-state index in [1.54, 1.807) is 0 Å². The lowest BCUT2D eigenvalue weighted by Crippen LogP contribution is -2.44. The molecule has 6 heteroatoms. The van der Waals surface area contributed by atoms with E-state index in [1.807, 2.05) is 13.8 Å². The number of aliphatic carboxylic acids is 1. The van der Waals surface area contributed by atoms with E-state index < -0.39 is 5.97 Å². The number of aryl methyl sites for hydroxylation is 2. The van der Waals surface area contributed by atoms with Gasteiger partial charge in [-0.25, -0.2) is 4.98 Å². The van der Waals surface area contributed by atoms with Crippen LogP contribution >= 0.6 is 0 Å². The standard InChI is InChI=1S/C14H22N4O2/c1-4-11-12(5-2)16-17-14(15-11)18-7-6-10(13(19)20)8-9(18)3/h9-10H,4-8H2,1-3H3,(H,19,20). The fraction of sp³-hybridized carbons (Fsp3) is 0.714. The van der Waals surface area contributed by atoms with Crippen molar-refractivity contribution in [1.82, 2.24) is 15.2 Å². The van der Waals surface area contributed by atoms with E-state index in [2.05, 4.69) is 27.0 Å². The van der Waals surface area contributed by atoms with Crippen LogP contribution in [0.2, 0.25) is 0 Å². The van der Waals surface area contributed by atoms with Crippen LogP contribution in [0.15, 0.2) is 0 Å². The summed E-state index contributed by atoms with van der Waals surface area (Å²) in [6.45, 7) is 6.81. The molecule has 1 saturated heterocycles. The quantitative estimate of drug-likeness (QED) is 0.902. The van der Waals surface area contributed by atoms with Gasteiger partial charge in [0.25, 0.3) is 0 Å². The first kappa shape index (κ1) is 14.7. The van der Waals surface area contributed by atoms with E-state index in [0.717, 1.165) is 24.2 Å². The molecule has 1 fully saturated rings. The fourth-order valence-corrected chi connectivity index (χ4v) is 2.74. The van der Waals surface area contributed by atoms with Gasteiger partial charge in [0.05, 0.1) is 17.3 Å². The molecule has 2 unspecified atom stereocenters. The zero-order valence-electron chi connectivity index (χ0n) is 12.3. The predicted molar refractivity (Wildman–Crippen MR) is 75.8 cm³/mol. The summed E-state index contributed by atoms with van der Waals surface area (Å²) >= 11 is 0. The number of rotatable bonds is 4. The molecular formula is C14H22N4O2. The number of carbonyl (C=O) groups is 1. The molecule has 1 aromatic rings. The number of carboxylic acids is 1. The maximum absolute atomic E-state index is 11.1. The summed E-state index contributed by atoms with van der Waals surface area (Å²) in [7, 11) is 0.